The summed E-state index contributed by atoms with van der Waals surface area (Å²) in [6.07, 6.45) is 3.24. The Labute approximate surface area is 199 Å². The summed E-state index contributed by atoms with van der Waals surface area (Å²) in [5, 5.41) is 23.6. The standard InChI is InChI=1S/C28H30N2O4/c1-2-12-34-27-11-10-21(20-7-5-6-19(13-20)17-31)15-25(27)28(33)30-23(18-32)14-22-16-29-26-9-4-3-8-24(22)26/h3-11,13,15-16,23,29,31-32H,2,12,14,17-18H2,1H3,(H,30,33)/t23-/m1/s1. The molecule has 0 aliphatic carbocycles. The predicted octanol–water partition coefficient (Wildman–Crippen LogP) is 4.45. The number of rotatable bonds is 10. The van der Waals surface area contributed by atoms with E-state index < -0.39 is 6.04 Å². The van der Waals surface area contributed by atoms with Gasteiger partial charge in [0.25, 0.3) is 5.91 Å². The summed E-state index contributed by atoms with van der Waals surface area (Å²) in [6, 6.07) is 20.6. The fourth-order valence-corrected chi connectivity index (χ4v) is 4.06. The molecule has 176 valence electrons. The van der Waals surface area contributed by atoms with Gasteiger partial charge in [0.15, 0.2) is 0 Å². The van der Waals surface area contributed by atoms with E-state index in [9.17, 15) is 15.0 Å². The van der Waals surface area contributed by atoms with Gasteiger partial charge in [-0.15, -0.1) is 0 Å². The molecule has 0 saturated carbocycles. The van der Waals surface area contributed by atoms with E-state index in [1.54, 1.807) is 12.1 Å². The van der Waals surface area contributed by atoms with Gasteiger partial charge in [0, 0.05) is 17.1 Å². The quantitative estimate of drug-likeness (QED) is 0.282. The molecule has 0 radical (unpaired) electrons. The molecule has 6 heteroatoms. The number of aliphatic hydroxyl groups excluding tert-OH is 2. The van der Waals surface area contributed by atoms with Crippen LogP contribution in [0.25, 0.3) is 22.0 Å². The van der Waals surface area contributed by atoms with Crippen molar-refractivity contribution in [3.8, 4) is 16.9 Å². The van der Waals surface area contributed by atoms with Crippen molar-refractivity contribution in [1.82, 2.24) is 10.3 Å². The molecular weight excluding hydrogens is 428 g/mol. The fourth-order valence-electron chi connectivity index (χ4n) is 4.06. The minimum atomic E-state index is -0.452. The molecule has 1 heterocycles. The lowest BCUT2D eigenvalue weighted by Gasteiger charge is -2.18. The zero-order chi connectivity index (χ0) is 23.9. The Balaban J connectivity index is 1.60. The number of hydrogen-bond acceptors (Lipinski definition) is 4. The molecule has 0 spiro atoms. The van der Waals surface area contributed by atoms with Gasteiger partial charge in [-0.25, -0.2) is 0 Å². The summed E-state index contributed by atoms with van der Waals surface area (Å²) in [7, 11) is 0. The van der Waals surface area contributed by atoms with Gasteiger partial charge in [-0.1, -0.05) is 49.4 Å². The number of fused-ring (bicyclic) bond motifs is 1. The maximum Gasteiger partial charge on any atom is 0.255 e. The average molecular weight is 459 g/mol. The highest BCUT2D eigenvalue weighted by molar-refractivity contribution is 5.98. The molecule has 1 amide bonds. The molecule has 0 unspecified atom stereocenters. The zero-order valence-electron chi connectivity index (χ0n) is 19.3. The van der Waals surface area contributed by atoms with Gasteiger partial charge < -0.3 is 25.3 Å². The minimum absolute atomic E-state index is 0.0507. The second-order valence-electron chi connectivity index (χ2n) is 8.33. The van der Waals surface area contributed by atoms with Crippen molar-refractivity contribution in [3.05, 3.63) is 89.6 Å². The van der Waals surface area contributed by atoms with E-state index in [2.05, 4.69) is 10.3 Å². The number of hydrogen-bond donors (Lipinski definition) is 4. The summed E-state index contributed by atoms with van der Waals surface area (Å²) < 4.78 is 5.85. The van der Waals surface area contributed by atoms with Crippen LogP contribution < -0.4 is 10.1 Å². The smallest absolute Gasteiger partial charge is 0.255 e. The molecule has 0 fully saturated rings. The van der Waals surface area contributed by atoms with Crippen molar-refractivity contribution < 1.29 is 19.7 Å². The van der Waals surface area contributed by atoms with Crippen LogP contribution in [0.15, 0.2) is 72.9 Å². The van der Waals surface area contributed by atoms with Crippen LogP contribution in [0.3, 0.4) is 0 Å². The van der Waals surface area contributed by atoms with Crippen molar-refractivity contribution in [2.24, 2.45) is 0 Å². The molecule has 0 bridgehead atoms. The summed E-state index contributed by atoms with van der Waals surface area (Å²) >= 11 is 0. The first kappa shape index (κ1) is 23.5. The summed E-state index contributed by atoms with van der Waals surface area (Å²) in [5.74, 6) is 0.204. The number of carbonyl (C=O) groups excluding carboxylic acids is 1. The molecule has 0 saturated heterocycles. The highest BCUT2D eigenvalue weighted by Gasteiger charge is 2.19. The van der Waals surface area contributed by atoms with Crippen molar-refractivity contribution in [2.75, 3.05) is 13.2 Å². The van der Waals surface area contributed by atoms with Crippen LogP contribution in [0.1, 0.15) is 34.8 Å². The van der Waals surface area contributed by atoms with Crippen molar-refractivity contribution >= 4 is 16.8 Å². The molecule has 4 N–H and O–H groups in total. The minimum Gasteiger partial charge on any atom is -0.493 e. The number of H-pyrrole nitrogens is 1. The predicted molar refractivity (Wildman–Crippen MR) is 134 cm³/mol. The molecule has 0 aliphatic rings. The Kier molecular flexibility index (Phi) is 7.62. The zero-order valence-corrected chi connectivity index (χ0v) is 19.3. The van der Waals surface area contributed by atoms with Gasteiger partial charge in [-0.2, -0.15) is 0 Å². The Morgan fingerprint density at radius 1 is 1.03 bits per heavy atom. The normalized spacial score (nSPS) is 12.0. The molecule has 1 aromatic heterocycles. The van der Waals surface area contributed by atoms with Gasteiger partial charge in [-0.3, -0.25) is 4.79 Å². The number of aromatic nitrogens is 1. The van der Waals surface area contributed by atoms with E-state index >= 15 is 0 Å². The number of ether oxygens (including phenoxy) is 1. The first-order chi connectivity index (χ1) is 16.6. The summed E-state index contributed by atoms with van der Waals surface area (Å²) in [6.45, 7) is 2.27. The number of benzene rings is 3. The molecular formula is C28H30N2O4. The number of aromatic amines is 1. The third kappa shape index (κ3) is 5.30. The fraction of sp³-hybridized carbons (Fsp3) is 0.250. The maximum atomic E-state index is 13.3. The lowest BCUT2D eigenvalue weighted by atomic mass is 9.99. The van der Waals surface area contributed by atoms with Gasteiger partial charge in [0.1, 0.15) is 5.75 Å². The van der Waals surface area contributed by atoms with Gasteiger partial charge in [0.2, 0.25) is 0 Å². The van der Waals surface area contributed by atoms with Crippen LogP contribution in [0, 0.1) is 0 Å². The van der Waals surface area contributed by atoms with Crippen molar-refractivity contribution in [2.45, 2.75) is 32.4 Å². The van der Waals surface area contributed by atoms with Crippen LogP contribution >= 0.6 is 0 Å². The number of nitrogens with one attached hydrogen (secondary N) is 2. The van der Waals surface area contributed by atoms with Gasteiger partial charge >= 0.3 is 0 Å². The van der Waals surface area contributed by atoms with E-state index in [1.807, 2.05) is 67.7 Å². The van der Waals surface area contributed by atoms with E-state index in [1.165, 1.54) is 0 Å². The summed E-state index contributed by atoms with van der Waals surface area (Å²) in [5.41, 5.74) is 5.02. The van der Waals surface area contributed by atoms with Crippen molar-refractivity contribution in [1.29, 1.82) is 0 Å². The third-order valence-corrected chi connectivity index (χ3v) is 5.83. The number of para-hydroxylation sites is 1. The highest BCUT2D eigenvalue weighted by Crippen LogP contribution is 2.28. The monoisotopic (exact) mass is 458 g/mol. The lowest BCUT2D eigenvalue weighted by Crippen LogP contribution is -2.39. The molecule has 4 rings (SSSR count). The Hall–Kier alpha value is -3.61. The molecule has 1 atom stereocenters. The van der Waals surface area contributed by atoms with Crippen LogP contribution in [-0.2, 0) is 13.0 Å². The van der Waals surface area contributed by atoms with E-state index in [0.717, 1.165) is 39.6 Å². The first-order valence-corrected chi connectivity index (χ1v) is 11.6. The van der Waals surface area contributed by atoms with E-state index in [4.69, 9.17) is 4.74 Å². The number of amides is 1. The SMILES string of the molecule is CCCOc1ccc(-c2cccc(CO)c2)cc1C(=O)N[C@@H](CO)Cc1c[nH]c2ccccc12. The average Bonchev–Trinajstić information content (AvgIpc) is 3.29. The van der Waals surface area contributed by atoms with E-state index in [0.29, 0.717) is 24.3 Å². The summed E-state index contributed by atoms with van der Waals surface area (Å²) in [4.78, 5) is 16.6. The first-order valence-electron chi connectivity index (χ1n) is 11.6. The molecule has 4 aromatic rings. The Morgan fingerprint density at radius 3 is 2.65 bits per heavy atom. The lowest BCUT2D eigenvalue weighted by molar-refractivity contribution is 0.0912. The Morgan fingerprint density at radius 2 is 1.85 bits per heavy atom. The number of carbonyl (C=O) groups is 1. The van der Waals surface area contributed by atoms with Crippen LogP contribution in [-0.4, -0.2) is 40.4 Å². The van der Waals surface area contributed by atoms with Crippen LogP contribution in [0.5, 0.6) is 5.75 Å². The van der Waals surface area contributed by atoms with Gasteiger partial charge in [0.05, 0.1) is 31.4 Å². The maximum absolute atomic E-state index is 13.3. The van der Waals surface area contributed by atoms with E-state index in [-0.39, 0.29) is 19.1 Å². The molecule has 3 aromatic carbocycles. The topological polar surface area (TPSA) is 94.6 Å². The number of aliphatic hydroxyl groups is 2. The van der Waals surface area contributed by atoms with Crippen LogP contribution in [0.4, 0.5) is 0 Å². The highest BCUT2D eigenvalue weighted by atomic mass is 16.5. The molecule has 6 nitrogen and oxygen atoms in total. The Bertz CT molecular complexity index is 1260. The molecule has 0 aliphatic heterocycles. The van der Waals surface area contributed by atoms with Gasteiger partial charge in [-0.05, 0) is 59.4 Å². The van der Waals surface area contributed by atoms with Crippen LogP contribution in [0.2, 0.25) is 0 Å². The second-order valence-corrected chi connectivity index (χ2v) is 8.33. The second kappa shape index (κ2) is 11.0. The molecule has 34 heavy (non-hydrogen) atoms. The third-order valence-electron chi connectivity index (χ3n) is 5.83. The largest absolute Gasteiger partial charge is 0.493 e. The van der Waals surface area contributed by atoms with Crippen molar-refractivity contribution in [3.63, 3.8) is 0 Å².